The smallest absolute Gasteiger partial charge is 0.170 e. The van der Waals surface area contributed by atoms with E-state index in [1.54, 1.807) is 6.20 Å². The molecule has 0 bridgehead atoms. The third-order valence-electron chi connectivity index (χ3n) is 3.59. The van der Waals surface area contributed by atoms with Crippen molar-refractivity contribution in [3.05, 3.63) is 53.7 Å². The highest BCUT2D eigenvalue weighted by Crippen LogP contribution is 2.38. The second kappa shape index (κ2) is 5.25. The summed E-state index contributed by atoms with van der Waals surface area (Å²) in [6, 6.07) is 10.0. The normalized spacial score (nSPS) is 22.1. The topological polar surface area (TPSA) is 41.3 Å². The van der Waals surface area contributed by atoms with Crippen LogP contribution in [-0.4, -0.2) is 21.5 Å². The molecule has 0 saturated carbocycles. The van der Waals surface area contributed by atoms with Gasteiger partial charge in [-0.3, -0.25) is 4.98 Å². The van der Waals surface area contributed by atoms with Crippen molar-refractivity contribution in [2.75, 3.05) is 6.54 Å². The number of thiocarbonyl (C=S) groups is 1. The van der Waals surface area contributed by atoms with Gasteiger partial charge in [0.2, 0.25) is 0 Å². The Hall–Kier alpha value is -1.88. The predicted octanol–water partition coefficient (Wildman–Crippen LogP) is 2.98. The zero-order valence-corrected chi connectivity index (χ0v) is 12.4. The molecular formula is C15H17N3OS. The Morgan fingerprint density at radius 1 is 1.35 bits per heavy atom. The van der Waals surface area contributed by atoms with Gasteiger partial charge in [-0.15, -0.1) is 0 Å². The molecule has 0 aliphatic carbocycles. The van der Waals surface area contributed by atoms with E-state index in [1.807, 2.05) is 37.3 Å². The number of furan rings is 1. The zero-order valence-electron chi connectivity index (χ0n) is 11.5. The van der Waals surface area contributed by atoms with Crippen LogP contribution in [0.4, 0.5) is 0 Å². The number of aromatic nitrogens is 1. The molecule has 0 aromatic carbocycles. The van der Waals surface area contributed by atoms with Crippen LogP contribution in [0.5, 0.6) is 0 Å². The van der Waals surface area contributed by atoms with Crippen LogP contribution in [0.3, 0.4) is 0 Å². The van der Waals surface area contributed by atoms with Crippen molar-refractivity contribution in [1.29, 1.82) is 0 Å². The van der Waals surface area contributed by atoms with E-state index in [1.165, 1.54) is 0 Å². The van der Waals surface area contributed by atoms with E-state index < -0.39 is 0 Å². The van der Waals surface area contributed by atoms with Crippen molar-refractivity contribution in [3.63, 3.8) is 0 Å². The maximum atomic E-state index is 5.83. The van der Waals surface area contributed by atoms with Crippen LogP contribution in [0.2, 0.25) is 0 Å². The van der Waals surface area contributed by atoms with Gasteiger partial charge in [0.1, 0.15) is 17.6 Å². The largest absolute Gasteiger partial charge is 0.464 e. The lowest BCUT2D eigenvalue weighted by atomic mass is 10.0. The lowest BCUT2D eigenvalue weighted by molar-refractivity contribution is 0.278. The molecule has 0 amide bonds. The van der Waals surface area contributed by atoms with E-state index in [0.29, 0.717) is 0 Å². The SMILES string of the molecule is CCN1C(=S)N[C@H](c2ccccn2)[C@H]1c1ccc(C)o1. The molecule has 0 unspecified atom stereocenters. The molecule has 4 nitrogen and oxygen atoms in total. The van der Waals surface area contributed by atoms with E-state index in [-0.39, 0.29) is 12.1 Å². The second-order valence-electron chi connectivity index (χ2n) is 4.86. The quantitative estimate of drug-likeness (QED) is 0.879. The fourth-order valence-corrected chi connectivity index (χ4v) is 3.04. The van der Waals surface area contributed by atoms with Gasteiger partial charge < -0.3 is 14.6 Å². The Morgan fingerprint density at radius 3 is 2.80 bits per heavy atom. The average Bonchev–Trinajstić information content (AvgIpc) is 3.03. The van der Waals surface area contributed by atoms with Gasteiger partial charge in [-0.1, -0.05) is 6.07 Å². The summed E-state index contributed by atoms with van der Waals surface area (Å²) in [6.07, 6.45) is 1.80. The molecule has 2 aromatic rings. The van der Waals surface area contributed by atoms with Crippen molar-refractivity contribution in [1.82, 2.24) is 15.2 Å². The fourth-order valence-electron chi connectivity index (χ4n) is 2.67. The molecule has 1 aliphatic heterocycles. The maximum absolute atomic E-state index is 5.83. The first-order valence-electron chi connectivity index (χ1n) is 6.75. The van der Waals surface area contributed by atoms with E-state index in [9.17, 15) is 0 Å². The van der Waals surface area contributed by atoms with Crippen molar-refractivity contribution in [3.8, 4) is 0 Å². The Morgan fingerprint density at radius 2 is 2.20 bits per heavy atom. The highest BCUT2D eigenvalue weighted by molar-refractivity contribution is 7.80. The summed E-state index contributed by atoms with van der Waals surface area (Å²) in [5.41, 5.74) is 0.977. The third kappa shape index (κ3) is 2.18. The molecular weight excluding hydrogens is 270 g/mol. The maximum Gasteiger partial charge on any atom is 0.170 e. The van der Waals surface area contributed by atoms with E-state index in [4.69, 9.17) is 16.6 Å². The molecule has 2 aromatic heterocycles. The van der Waals surface area contributed by atoms with Crippen LogP contribution in [0.1, 0.15) is 36.2 Å². The Labute approximate surface area is 123 Å². The first-order valence-corrected chi connectivity index (χ1v) is 7.16. The Kier molecular flexibility index (Phi) is 3.44. The lowest BCUT2D eigenvalue weighted by Crippen LogP contribution is -2.29. The Balaban J connectivity index is 2.02. The average molecular weight is 287 g/mol. The minimum atomic E-state index is 0.0224. The van der Waals surface area contributed by atoms with Crippen molar-refractivity contribution >= 4 is 17.3 Å². The number of rotatable bonds is 3. The number of nitrogens with one attached hydrogen (secondary N) is 1. The molecule has 20 heavy (non-hydrogen) atoms. The minimum absolute atomic E-state index is 0.0224. The van der Waals surface area contributed by atoms with Crippen LogP contribution in [-0.2, 0) is 0 Å². The highest BCUT2D eigenvalue weighted by atomic mass is 32.1. The van der Waals surface area contributed by atoms with E-state index in [2.05, 4.69) is 22.1 Å². The van der Waals surface area contributed by atoms with Gasteiger partial charge in [0, 0.05) is 12.7 Å². The number of nitrogens with zero attached hydrogens (tertiary/aromatic N) is 2. The second-order valence-corrected chi connectivity index (χ2v) is 5.25. The highest BCUT2D eigenvalue weighted by Gasteiger charge is 2.40. The first kappa shape index (κ1) is 13.1. The van der Waals surface area contributed by atoms with Gasteiger partial charge in [-0.25, -0.2) is 0 Å². The van der Waals surface area contributed by atoms with Gasteiger partial charge in [0.05, 0.1) is 11.7 Å². The molecule has 1 aliphatic rings. The molecule has 104 valence electrons. The Bertz CT molecular complexity index is 611. The van der Waals surface area contributed by atoms with Gasteiger partial charge in [0.15, 0.2) is 5.11 Å². The molecule has 3 rings (SSSR count). The van der Waals surface area contributed by atoms with Crippen LogP contribution >= 0.6 is 12.2 Å². The van der Waals surface area contributed by atoms with Crippen LogP contribution < -0.4 is 5.32 Å². The first-order chi connectivity index (χ1) is 9.70. The molecule has 0 spiro atoms. The minimum Gasteiger partial charge on any atom is -0.464 e. The summed E-state index contributed by atoms with van der Waals surface area (Å²) in [5.74, 6) is 1.83. The van der Waals surface area contributed by atoms with E-state index in [0.717, 1.165) is 28.9 Å². The van der Waals surface area contributed by atoms with Crippen molar-refractivity contribution < 1.29 is 4.42 Å². The zero-order chi connectivity index (χ0) is 14.1. The molecule has 3 heterocycles. The van der Waals surface area contributed by atoms with Gasteiger partial charge in [-0.05, 0) is 50.3 Å². The molecule has 2 atom stereocenters. The summed E-state index contributed by atoms with van der Waals surface area (Å²) in [5, 5.41) is 4.12. The number of pyridine rings is 1. The van der Waals surface area contributed by atoms with Gasteiger partial charge >= 0.3 is 0 Å². The predicted molar refractivity (Wildman–Crippen MR) is 81.3 cm³/mol. The monoisotopic (exact) mass is 287 g/mol. The summed E-state index contributed by atoms with van der Waals surface area (Å²) in [4.78, 5) is 6.60. The molecule has 5 heteroatoms. The number of aryl methyl sites for hydroxylation is 1. The van der Waals surface area contributed by atoms with Crippen LogP contribution in [0, 0.1) is 6.92 Å². The van der Waals surface area contributed by atoms with E-state index >= 15 is 0 Å². The fraction of sp³-hybridized carbons (Fsp3) is 0.333. The number of likely N-dealkylation sites (N-methyl/N-ethyl adjacent to an activating group) is 1. The van der Waals surface area contributed by atoms with Crippen LogP contribution in [0.25, 0.3) is 0 Å². The lowest BCUT2D eigenvalue weighted by Gasteiger charge is -2.24. The summed E-state index contributed by atoms with van der Waals surface area (Å²) >= 11 is 5.45. The standard InChI is InChI=1S/C15H17N3OS/c1-3-18-14(12-8-7-10(2)19-12)13(17-15(18)20)11-6-4-5-9-16-11/h4-9,13-14H,3H2,1-2H3,(H,17,20)/t13-,14-/m1/s1. The summed E-state index contributed by atoms with van der Waals surface area (Å²) in [7, 11) is 0. The number of hydrogen-bond acceptors (Lipinski definition) is 3. The molecule has 0 radical (unpaired) electrons. The summed E-state index contributed by atoms with van der Waals surface area (Å²) in [6.45, 7) is 4.88. The van der Waals surface area contributed by atoms with Crippen molar-refractivity contribution in [2.45, 2.75) is 25.9 Å². The summed E-state index contributed by atoms with van der Waals surface area (Å²) < 4.78 is 5.83. The molecule has 1 saturated heterocycles. The van der Waals surface area contributed by atoms with Crippen LogP contribution in [0.15, 0.2) is 40.9 Å². The molecule has 1 fully saturated rings. The van der Waals surface area contributed by atoms with Gasteiger partial charge in [-0.2, -0.15) is 0 Å². The number of hydrogen-bond donors (Lipinski definition) is 1. The van der Waals surface area contributed by atoms with Crippen molar-refractivity contribution in [2.24, 2.45) is 0 Å². The van der Waals surface area contributed by atoms with Gasteiger partial charge in [0.25, 0.3) is 0 Å². The third-order valence-corrected chi connectivity index (χ3v) is 3.94. The molecule has 1 N–H and O–H groups in total.